The van der Waals surface area contributed by atoms with Gasteiger partial charge in [-0.2, -0.15) is 0 Å². The van der Waals surface area contributed by atoms with Crippen LogP contribution in [-0.4, -0.2) is 49.1 Å². The monoisotopic (exact) mass is 342 g/mol. The largest absolute Gasteiger partial charge is 0.378 e. The van der Waals surface area contributed by atoms with Gasteiger partial charge in [0.2, 0.25) is 11.8 Å². The van der Waals surface area contributed by atoms with E-state index in [1.165, 1.54) is 5.56 Å². The minimum Gasteiger partial charge on any atom is -0.378 e. The highest BCUT2D eigenvalue weighted by atomic mass is 16.5. The average molecular weight is 342 g/mol. The number of hydrogen-bond acceptors (Lipinski definition) is 3. The van der Waals surface area contributed by atoms with E-state index in [0.717, 1.165) is 57.6 Å². The summed E-state index contributed by atoms with van der Waals surface area (Å²) in [5.74, 6) is 0.759. The van der Waals surface area contributed by atoms with Gasteiger partial charge in [-0.1, -0.05) is 18.2 Å². The number of carbonyl (C=O) groups excluding carboxylic acids is 2. The molecule has 2 saturated heterocycles. The molecule has 0 spiro atoms. The molecule has 5 heteroatoms. The van der Waals surface area contributed by atoms with Crippen molar-refractivity contribution in [3.8, 4) is 0 Å². The summed E-state index contributed by atoms with van der Waals surface area (Å²) in [6.07, 6.45) is 5.20. The molecule has 1 aromatic carbocycles. The van der Waals surface area contributed by atoms with Gasteiger partial charge in [-0.3, -0.25) is 9.59 Å². The van der Waals surface area contributed by atoms with Crippen LogP contribution in [0.3, 0.4) is 0 Å². The van der Waals surface area contributed by atoms with Crippen molar-refractivity contribution in [2.75, 3.05) is 31.1 Å². The first kappa shape index (κ1) is 16.6. The topological polar surface area (TPSA) is 49.9 Å². The van der Waals surface area contributed by atoms with E-state index in [9.17, 15) is 9.59 Å². The predicted molar refractivity (Wildman–Crippen MR) is 95.6 cm³/mol. The van der Waals surface area contributed by atoms with Gasteiger partial charge in [0.05, 0.1) is 12.5 Å². The second-order valence-corrected chi connectivity index (χ2v) is 7.37. The van der Waals surface area contributed by atoms with Crippen molar-refractivity contribution in [1.29, 1.82) is 0 Å². The average Bonchev–Trinajstić information content (AvgIpc) is 3.34. The number of benzene rings is 1. The summed E-state index contributed by atoms with van der Waals surface area (Å²) in [6.45, 7) is 3.19. The Bertz CT molecular complexity index is 654. The highest BCUT2D eigenvalue weighted by Gasteiger charge is 2.34. The second kappa shape index (κ2) is 7.16. The van der Waals surface area contributed by atoms with Gasteiger partial charge < -0.3 is 14.5 Å². The quantitative estimate of drug-likeness (QED) is 0.827. The highest BCUT2D eigenvalue weighted by Crippen LogP contribution is 2.39. The molecule has 4 rings (SSSR count). The maximum Gasteiger partial charge on any atom is 0.229 e. The Balaban J connectivity index is 1.43. The molecule has 2 fully saturated rings. The number of carbonyl (C=O) groups is 2. The van der Waals surface area contributed by atoms with E-state index in [1.54, 1.807) is 0 Å². The van der Waals surface area contributed by atoms with Gasteiger partial charge in [0.25, 0.3) is 0 Å². The lowest BCUT2D eigenvalue weighted by Crippen LogP contribution is -2.33. The Labute approximate surface area is 148 Å². The molecule has 0 bridgehead atoms. The summed E-state index contributed by atoms with van der Waals surface area (Å²) in [5, 5.41) is 0. The lowest BCUT2D eigenvalue weighted by Gasteiger charge is -2.21. The van der Waals surface area contributed by atoms with E-state index in [1.807, 2.05) is 28.0 Å². The number of hydrogen-bond donors (Lipinski definition) is 0. The third-order valence-electron chi connectivity index (χ3n) is 5.72. The van der Waals surface area contributed by atoms with Crippen LogP contribution in [0.15, 0.2) is 24.3 Å². The summed E-state index contributed by atoms with van der Waals surface area (Å²) >= 11 is 0. The van der Waals surface area contributed by atoms with Crippen molar-refractivity contribution in [3.05, 3.63) is 29.8 Å². The van der Waals surface area contributed by atoms with Gasteiger partial charge >= 0.3 is 0 Å². The van der Waals surface area contributed by atoms with Crippen LogP contribution >= 0.6 is 0 Å². The summed E-state index contributed by atoms with van der Waals surface area (Å²) in [5.41, 5.74) is 2.29. The number of nitrogens with zero attached hydrogens (tertiary/aromatic N) is 2. The third-order valence-corrected chi connectivity index (χ3v) is 5.72. The minimum atomic E-state index is 0.0842. The third kappa shape index (κ3) is 3.43. The molecule has 3 heterocycles. The molecule has 1 aromatic rings. The predicted octanol–water partition coefficient (Wildman–Crippen LogP) is 2.70. The Morgan fingerprint density at radius 1 is 1.24 bits per heavy atom. The van der Waals surface area contributed by atoms with Gasteiger partial charge in [0, 0.05) is 44.3 Å². The highest BCUT2D eigenvalue weighted by molar-refractivity contribution is 5.96. The van der Waals surface area contributed by atoms with E-state index in [4.69, 9.17) is 4.74 Å². The van der Waals surface area contributed by atoms with Crippen LogP contribution in [0.4, 0.5) is 5.69 Å². The maximum absolute atomic E-state index is 12.8. The number of anilines is 1. The lowest BCUT2D eigenvalue weighted by atomic mass is 9.98. The molecule has 134 valence electrons. The van der Waals surface area contributed by atoms with Crippen LogP contribution < -0.4 is 4.90 Å². The Morgan fingerprint density at radius 2 is 2.12 bits per heavy atom. The smallest absolute Gasteiger partial charge is 0.229 e. The van der Waals surface area contributed by atoms with Gasteiger partial charge in [0.15, 0.2) is 0 Å². The number of amides is 2. The number of ether oxygens (including phenoxy) is 1. The number of likely N-dealkylation sites (tertiary alicyclic amines) is 1. The van der Waals surface area contributed by atoms with Crippen LogP contribution in [-0.2, 0) is 14.3 Å². The fourth-order valence-corrected chi connectivity index (χ4v) is 4.34. The van der Waals surface area contributed by atoms with Crippen LogP contribution in [0.1, 0.15) is 50.0 Å². The van der Waals surface area contributed by atoms with Crippen molar-refractivity contribution in [2.24, 2.45) is 0 Å². The molecule has 25 heavy (non-hydrogen) atoms. The summed E-state index contributed by atoms with van der Waals surface area (Å²) in [4.78, 5) is 28.6. The molecule has 2 amide bonds. The molecule has 3 aliphatic heterocycles. The molecular weight excluding hydrogens is 316 g/mol. The number of para-hydroxylation sites is 1. The normalized spacial score (nSPS) is 25.7. The first-order valence-electron chi connectivity index (χ1n) is 9.51. The summed E-state index contributed by atoms with van der Waals surface area (Å²) < 4.78 is 5.63. The summed E-state index contributed by atoms with van der Waals surface area (Å²) in [7, 11) is 0. The first-order valence-corrected chi connectivity index (χ1v) is 9.51. The molecule has 0 N–H and O–H groups in total. The maximum atomic E-state index is 12.8. The van der Waals surface area contributed by atoms with E-state index >= 15 is 0 Å². The van der Waals surface area contributed by atoms with Crippen molar-refractivity contribution in [1.82, 2.24) is 4.90 Å². The van der Waals surface area contributed by atoms with Crippen LogP contribution in [0, 0.1) is 0 Å². The van der Waals surface area contributed by atoms with Crippen molar-refractivity contribution in [3.63, 3.8) is 0 Å². The lowest BCUT2D eigenvalue weighted by molar-refractivity contribution is -0.127. The van der Waals surface area contributed by atoms with Crippen LogP contribution in [0.2, 0.25) is 0 Å². The van der Waals surface area contributed by atoms with E-state index < -0.39 is 0 Å². The van der Waals surface area contributed by atoms with Crippen molar-refractivity contribution >= 4 is 17.5 Å². The van der Waals surface area contributed by atoms with Gasteiger partial charge in [-0.05, 0) is 37.3 Å². The summed E-state index contributed by atoms with van der Waals surface area (Å²) in [6, 6.07) is 8.22. The fourth-order valence-electron chi connectivity index (χ4n) is 4.34. The van der Waals surface area contributed by atoms with Gasteiger partial charge in [-0.15, -0.1) is 0 Å². The standard InChI is InChI=1S/C20H26N2O3/c23-19-8-3-10-21(19)11-9-15-14-22(18-7-2-1-6-17(15)18)20(24)13-16-5-4-12-25-16/h1-2,6-7,15-16H,3-5,8-14H2/t15-,16+/m1/s1. The Kier molecular flexibility index (Phi) is 4.75. The van der Waals surface area contributed by atoms with Gasteiger partial charge in [-0.25, -0.2) is 0 Å². The number of fused-ring (bicyclic) bond motifs is 1. The molecule has 5 nitrogen and oxygen atoms in total. The fraction of sp³-hybridized carbons (Fsp3) is 0.600. The molecule has 0 aromatic heterocycles. The van der Waals surface area contributed by atoms with E-state index in [0.29, 0.717) is 18.8 Å². The van der Waals surface area contributed by atoms with Crippen molar-refractivity contribution in [2.45, 2.75) is 50.5 Å². The zero-order valence-electron chi connectivity index (χ0n) is 14.7. The van der Waals surface area contributed by atoms with Crippen molar-refractivity contribution < 1.29 is 14.3 Å². The zero-order chi connectivity index (χ0) is 17.2. The van der Waals surface area contributed by atoms with E-state index in [-0.39, 0.29) is 17.9 Å². The molecule has 0 aliphatic carbocycles. The molecule has 0 saturated carbocycles. The zero-order valence-corrected chi connectivity index (χ0v) is 14.7. The van der Waals surface area contributed by atoms with Gasteiger partial charge in [0.1, 0.15) is 0 Å². The molecular formula is C20H26N2O3. The minimum absolute atomic E-state index is 0.0842. The molecule has 0 radical (unpaired) electrons. The first-order chi connectivity index (χ1) is 12.2. The number of rotatable bonds is 5. The molecule has 0 unspecified atom stereocenters. The molecule has 2 atom stereocenters. The SMILES string of the molecule is O=C1CCCN1CC[C@@H]1CN(C(=O)C[C@@H]2CCCO2)c2ccccc21. The second-order valence-electron chi connectivity index (χ2n) is 7.37. The van der Waals surface area contributed by atoms with E-state index in [2.05, 4.69) is 6.07 Å². The van der Waals surface area contributed by atoms with Crippen LogP contribution in [0.5, 0.6) is 0 Å². The Morgan fingerprint density at radius 3 is 2.88 bits per heavy atom. The molecule has 3 aliphatic rings. The Hall–Kier alpha value is -1.88. The van der Waals surface area contributed by atoms with Crippen LogP contribution in [0.25, 0.3) is 0 Å².